The van der Waals surface area contributed by atoms with Gasteiger partial charge in [-0.05, 0) is 37.5 Å². The number of hydrogen-bond donors (Lipinski definition) is 3. The Morgan fingerprint density at radius 3 is 0.618 bits per heavy atom. The van der Waals surface area contributed by atoms with E-state index in [4.69, 9.17) is 37.0 Å². The average Bonchev–Trinajstić information content (AvgIpc) is 0.899. The summed E-state index contributed by atoms with van der Waals surface area (Å²) in [7, 11) is -9.93. The van der Waals surface area contributed by atoms with Crippen molar-refractivity contribution in [1.29, 1.82) is 0 Å². The zero-order chi connectivity index (χ0) is 80.6. The summed E-state index contributed by atoms with van der Waals surface area (Å²) in [5, 5.41) is 10.7. The molecule has 0 heterocycles. The molecule has 0 saturated heterocycles. The first-order valence-corrected chi connectivity index (χ1v) is 50.0. The van der Waals surface area contributed by atoms with Crippen LogP contribution in [0.1, 0.15) is 491 Å². The molecule has 0 aromatic carbocycles. The van der Waals surface area contributed by atoms with Crippen LogP contribution < -0.4 is 0 Å². The van der Waals surface area contributed by atoms with Crippen molar-refractivity contribution in [1.82, 2.24) is 0 Å². The van der Waals surface area contributed by atoms with E-state index in [0.717, 1.165) is 102 Å². The monoisotopic (exact) mass is 1610 g/mol. The van der Waals surface area contributed by atoms with Crippen LogP contribution in [0.25, 0.3) is 0 Å². The second kappa shape index (κ2) is 82.2. The molecule has 0 aromatic rings. The van der Waals surface area contributed by atoms with Gasteiger partial charge in [-0.1, -0.05) is 440 Å². The lowest BCUT2D eigenvalue weighted by atomic mass is 10.0. The second-order valence-corrected chi connectivity index (χ2v) is 36.6. The molecule has 0 spiro atoms. The van der Waals surface area contributed by atoms with E-state index in [0.29, 0.717) is 31.6 Å². The van der Waals surface area contributed by atoms with Gasteiger partial charge in [-0.15, -0.1) is 0 Å². The van der Waals surface area contributed by atoms with Crippen LogP contribution in [-0.4, -0.2) is 96.7 Å². The molecular formula is C91H178O17P2. The van der Waals surface area contributed by atoms with Gasteiger partial charge in [0, 0.05) is 25.7 Å². The van der Waals surface area contributed by atoms with Crippen molar-refractivity contribution in [3.05, 3.63) is 0 Å². The Morgan fingerprint density at radius 2 is 0.418 bits per heavy atom. The number of phosphoric ester groups is 2. The molecule has 0 aromatic heterocycles. The summed E-state index contributed by atoms with van der Waals surface area (Å²) < 4.78 is 69.0. The van der Waals surface area contributed by atoms with Gasteiger partial charge in [-0.25, -0.2) is 9.13 Å². The van der Waals surface area contributed by atoms with Gasteiger partial charge in [-0.2, -0.15) is 0 Å². The van der Waals surface area contributed by atoms with Crippen LogP contribution in [-0.2, 0) is 65.4 Å². The van der Waals surface area contributed by atoms with Crippen LogP contribution in [0.2, 0.25) is 0 Å². The maximum atomic E-state index is 13.2. The smallest absolute Gasteiger partial charge is 0.462 e. The quantitative estimate of drug-likeness (QED) is 0.0222. The van der Waals surface area contributed by atoms with Crippen LogP contribution in [0, 0.1) is 11.8 Å². The van der Waals surface area contributed by atoms with E-state index in [1.54, 1.807) is 0 Å². The average molecular weight is 1610 g/mol. The zero-order valence-electron chi connectivity index (χ0n) is 72.6. The Morgan fingerprint density at radius 1 is 0.245 bits per heavy atom. The van der Waals surface area contributed by atoms with Crippen molar-refractivity contribution >= 4 is 39.5 Å². The molecule has 3 N–H and O–H groups in total. The highest BCUT2D eigenvalue weighted by atomic mass is 31.2. The minimum absolute atomic E-state index is 0.108. The van der Waals surface area contributed by atoms with Crippen LogP contribution in [0.5, 0.6) is 0 Å². The zero-order valence-corrected chi connectivity index (χ0v) is 74.4. The Hall–Kier alpha value is -1.94. The van der Waals surface area contributed by atoms with E-state index >= 15 is 0 Å². The van der Waals surface area contributed by atoms with Crippen molar-refractivity contribution in [2.24, 2.45) is 11.8 Å². The third-order valence-corrected chi connectivity index (χ3v) is 23.4. The number of hydrogen-bond acceptors (Lipinski definition) is 15. The molecule has 17 nitrogen and oxygen atoms in total. The molecule has 0 rings (SSSR count). The van der Waals surface area contributed by atoms with Gasteiger partial charge in [0.1, 0.15) is 19.3 Å². The van der Waals surface area contributed by atoms with E-state index in [9.17, 15) is 43.2 Å². The van der Waals surface area contributed by atoms with E-state index < -0.39 is 97.5 Å². The fourth-order valence-electron chi connectivity index (χ4n) is 14.3. The molecule has 2 unspecified atom stereocenters. The largest absolute Gasteiger partial charge is 0.472 e. The third-order valence-electron chi connectivity index (χ3n) is 21.5. The van der Waals surface area contributed by atoms with E-state index in [-0.39, 0.29) is 25.7 Å². The number of aliphatic hydroxyl groups is 1. The molecule has 0 aliphatic carbocycles. The third kappa shape index (κ3) is 84.0. The lowest BCUT2D eigenvalue weighted by Crippen LogP contribution is -2.30. The summed E-state index contributed by atoms with van der Waals surface area (Å²) in [6, 6.07) is 0. The lowest BCUT2D eigenvalue weighted by Gasteiger charge is -2.21. The predicted molar refractivity (Wildman–Crippen MR) is 455 cm³/mol. The van der Waals surface area contributed by atoms with Gasteiger partial charge in [0.2, 0.25) is 0 Å². The Balaban J connectivity index is 5.19. The molecule has 0 aliphatic rings. The summed E-state index contributed by atoms with van der Waals surface area (Å²) in [5.74, 6) is -0.600. The minimum Gasteiger partial charge on any atom is -0.462 e. The standard InChI is InChI=1S/C91H178O17P2/c1-7-9-11-13-15-17-19-21-23-25-27-28-30-34-38-42-46-50-54-61-67-73-88(93)101-79-86(107-90(95)75-69-63-56-52-48-44-40-36-32-31-33-37-41-45-49-53-59-65-71-83(3)4)81-105-109(97,98)103-77-85(92)78-104-110(99,100)106-82-87(80-102-89(94)74-68-62-58-57-60-66-72-84(5)6)108-91(96)76-70-64-55-51-47-43-39-35-29-26-24-22-20-18-16-14-12-10-8-2/h83-87,92H,7-82H2,1-6H3,(H,97,98)(H,99,100)/t85-,86-,87-/m1/s1. The minimum atomic E-state index is -4.97. The van der Waals surface area contributed by atoms with E-state index in [1.807, 2.05) is 0 Å². The highest BCUT2D eigenvalue weighted by Gasteiger charge is 2.31. The number of carbonyl (C=O) groups excluding carboxylic acids is 4. The molecular weight excluding hydrogens is 1430 g/mol. The van der Waals surface area contributed by atoms with Crippen molar-refractivity contribution in [3.8, 4) is 0 Å². The molecule has 0 aliphatic heterocycles. The number of ether oxygens (including phenoxy) is 4. The molecule has 0 fully saturated rings. The molecule has 110 heavy (non-hydrogen) atoms. The molecule has 654 valence electrons. The first-order valence-electron chi connectivity index (χ1n) is 47.0. The normalized spacial score (nSPS) is 13.7. The van der Waals surface area contributed by atoms with E-state index in [2.05, 4.69) is 41.5 Å². The molecule has 0 amide bonds. The SMILES string of the molecule is CCCCCCCCCCCCCCCCCCCCCCCC(=O)OC[C@H](COP(=O)(O)OC[C@@H](O)COP(=O)(O)OC[C@@H](COC(=O)CCCCCCCCC(C)C)OC(=O)CCCCCCCCCCCCCCCCCCCCC)OC(=O)CCCCCCCCCCCCCCCCCCCCC(C)C. The predicted octanol–water partition coefficient (Wildman–Crippen LogP) is 28.2. The van der Waals surface area contributed by atoms with Crippen molar-refractivity contribution < 1.29 is 80.2 Å². The van der Waals surface area contributed by atoms with Crippen molar-refractivity contribution in [2.45, 2.75) is 509 Å². The lowest BCUT2D eigenvalue weighted by molar-refractivity contribution is -0.161. The Labute approximate surface area is 677 Å². The first kappa shape index (κ1) is 108. The maximum Gasteiger partial charge on any atom is 0.472 e. The highest BCUT2D eigenvalue weighted by molar-refractivity contribution is 7.47. The number of rotatable bonds is 90. The van der Waals surface area contributed by atoms with Crippen LogP contribution in [0.15, 0.2) is 0 Å². The highest BCUT2D eigenvalue weighted by Crippen LogP contribution is 2.45. The topological polar surface area (TPSA) is 237 Å². The number of esters is 4. The molecule has 19 heteroatoms. The molecule has 0 bridgehead atoms. The summed E-state index contributed by atoms with van der Waals surface area (Å²) >= 11 is 0. The molecule has 5 atom stereocenters. The molecule has 0 radical (unpaired) electrons. The number of carbonyl (C=O) groups is 4. The van der Waals surface area contributed by atoms with Gasteiger partial charge in [0.25, 0.3) is 0 Å². The van der Waals surface area contributed by atoms with Gasteiger partial charge in [0.05, 0.1) is 26.4 Å². The van der Waals surface area contributed by atoms with Gasteiger partial charge in [0.15, 0.2) is 12.2 Å². The second-order valence-electron chi connectivity index (χ2n) is 33.6. The fraction of sp³-hybridized carbons (Fsp3) is 0.956. The Kier molecular flexibility index (Phi) is 80.7. The van der Waals surface area contributed by atoms with Gasteiger partial charge >= 0.3 is 39.5 Å². The summed E-state index contributed by atoms with van der Waals surface area (Å²) in [6.45, 7) is 9.65. The Bertz CT molecular complexity index is 2100. The summed E-state index contributed by atoms with van der Waals surface area (Å²) in [4.78, 5) is 73.3. The van der Waals surface area contributed by atoms with Crippen molar-refractivity contribution in [2.75, 3.05) is 39.6 Å². The molecule has 0 saturated carbocycles. The summed E-state index contributed by atoms with van der Waals surface area (Å²) in [5.41, 5.74) is 0. The number of unbranched alkanes of at least 4 members (excludes halogenated alkanes) is 60. The van der Waals surface area contributed by atoms with Gasteiger partial charge < -0.3 is 33.8 Å². The van der Waals surface area contributed by atoms with Crippen LogP contribution >= 0.6 is 15.6 Å². The van der Waals surface area contributed by atoms with Crippen molar-refractivity contribution in [3.63, 3.8) is 0 Å². The number of phosphoric acid groups is 2. The summed E-state index contributed by atoms with van der Waals surface area (Å²) in [6.07, 6.45) is 76.8. The van der Waals surface area contributed by atoms with Crippen LogP contribution in [0.4, 0.5) is 0 Å². The first-order chi connectivity index (χ1) is 53.4. The maximum absolute atomic E-state index is 13.2. The number of aliphatic hydroxyl groups excluding tert-OH is 1. The van der Waals surface area contributed by atoms with Crippen LogP contribution in [0.3, 0.4) is 0 Å². The fourth-order valence-corrected chi connectivity index (χ4v) is 15.9. The van der Waals surface area contributed by atoms with Gasteiger partial charge in [-0.3, -0.25) is 37.3 Å². The van der Waals surface area contributed by atoms with E-state index in [1.165, 1.54) is 302 Å².